The van der Waals surface area contributed by atoms with Crippen molar-refractivity contribution in [2.45, 2.75) is 13.5 Å². The molecule has 0 amide bonds. The van der Waals surface area contributed by atoms with Gasteiger partial charge in [0.2, 0.25) is 0 Å². The molecule has 1 heterocycles. The minimum atomic E-state index is -0.484. The largest absolute Gasteiger partial charge is 0.461 e. The summed E-state index contributed by atoms with van der Waals surface area (Å²) in [6, 6.07) is 7.86. The van der Waals surface area contributed by atoms with Gasteiger partial charge in [-0.1, -0.05) is 23.7 Å². The van der Waals surface area contributed by atoms with Crippen molar-refractivity contribution < 1.29 is 13.9 Å². The van der Waals surface area contributed by atoms with E-state index in [1.807, 2.05) is 31.3 Å². The number of hydrogen-bond donors (Lipinski definition) is 0. The maximum absolute atomic E-state index is 11.5. The Morgan fingerprint density at radius 1 is 1.40 bits per heavy atom. The van der Waals surface area contributed by atoms with E-state index in [0.717, 1.165) is 5.56 Å². The number of esters is 1. The summed E-state index contributed by atoms with van der Waals surface area (Å²) in [6.07, 6.45) is 1.30. The van der Waals surface area contributed by atoms with Crippen LogP contribution in [0.1, 0.15) is 23.0 Å². The summed E-state index contributed by atoms with van der Waals surface area (Å²) in [6.45, 7) is 2.65. The van der Waals surface area contributed by atoms with Crippen molar-refractivity contribution in [3.63, 3.8) is 0 Å². The third-order valence-corrected chi connectivity index (χ3v) is 2.89. The van der Waals surface area contributed by atoms with Gasteiger partial charge in [-0.3, -0.25) is 0 Å². The van der Waals surface area contributed by atoms with Crippen LogP contribution in [0.2, 0.25) is 5.02 Å². The first-order chi connectivity index (χ1) is 9.60. The van der Waals surface area contributed by atoms with E-state index in [9.17, 15) is 4.79 Å². The average molecular weight is 295 g/mol. The molecule has 0 aliphatic heterocycles. The van der Waals surface area contributed by atoms with Crippen molar-refractivity contribution >= 4 is 23.6 Å². The molecule has 1 aromatic heterocycles. The van der Waals surface area contributed by atoms with E-state index in [1.165, 1.54) is 6.26 Å². The summed E-state index contributed by atoms with van der Waals surface area (Å²) in [7, 11) is 1.83. The first-order valence-electron chi connectivity index (χ1n) is 6.18. The lowest BCUT2D eigenvalue weighted by Crippen LogP contribution is -2.17. The van der Waals surface area contributed by atoms with Crippen molar-refractivity contribution in [3.05, 3.63) is 46.8 Å². The molecule has 106 valence electrons. The Hall–Kier alpha value is -2.01. The smallest absolute Gasteiger partial charge is 0.360 e. The van der Waals surface area contributed by atoms with Crippen molar-refractivity contribution in [2.24, 2.45) is 0 Å². The lowest BCUT2D eigenvalue weighted by molar-refractivity contribution is 0.0519. The number of carbonyl (C=O) groups is 1. The van der Waals surface area contributed by atoms with Crippen molar-refractivity contribution in [1.29, 1.82) is 0 Å². The van der Waals surface area contributed by atoms with E-state index in [0.29, 0.717) is 24.2 Å². The van der Waals surface area contributed by atoms with Crippen LogP contribution in [-0.2, 0) is 11.3 Å². The van der Waals surface area contributed by atoms with Crippen LogP contribution in [0.4, 0.5) is 6.01 Å². The standard InChI is InChI=1S/C14H15ClN2O3/c1-3-19-13(18)12-9-20-14(16-12)17(2)8-10-4-6-11(15)7-5-10/h4-7,9H,3,8H2,1-2H3. The molecule has 0 saturated carbocycles. The molecule has 2 aromatic rings. The second-order valence-corrected chi connectivity index (χ2v) is 4.65. The van der Waals surface area contributed by atoms with Gasteiger partial charge < -0.3 is 14.1 Å². The van der Waals surface area contributed by atoms with E-state index < -0.39 is 5.97 Å². The zero-order chi connectivity index (χ0) is 14.5. The molecule has 0 unspecified atom stereocenters. The van der Waals surface area contributed by atoms with Gasteiger partial charge in [-0.25, -0.2) is 4.79 Å². The lowest BCUT2D eigenvalue weighted by Gasteiger charge is -2.14. The number of oxazole rings is 1. The molecule has 20 heavy (non-hydrogen) atoms. The first kappa shape index (κ1) is 14.4. The Labute approximate surface area is 122 Å². The average Bonchev–Trinajstić information content (AvgIpc) is 2.91. The zero-order valence-electron chi connectivity index (χ0n) is 11.3. The number of hydrogen-bond acceptors (Lipinski definition) is 5. The van der Waals surface area contributed by atoms with Gasteiger partial charge in [0.05, 0.1) is 6.61 Å². The fraction of sp³-hybridized carbons (Fsp3) is 0.286. The predicted octanol–water partition coefficient (Wildman–Crippen LogP) is 3.14. The van der Waals surface area contributed by atoms with Crippen molar-refractivity contribution in [2.75, 3.05) is 18.6 Å². The van der Waals surface area contributed by atoms with E-state index in [2.05, 4.69) is 4.98 Å². The maximum Gasteiger partial charge on any atom is 0.360 e. The number of ether oxygens (including phenoxy) is 1. The molecule has 0 bridgehead atoms. The number of benzene rings is 1. The Balaban J connectivity index is 2.04. The Kier molecular flexibility index (Phi) is 4.63. The van der Waals surface area contributed by atoms with E-state index >= 15 is 0 Å². The van der Waals surface area contributed by atoms with E-state index in [4.69, 9.17) is 20.8 Å². The molecular weight excluding hydrogens is 280 g/mol. The van der Waals surface area contributed by atoms with Gasteiger partial charge in [0, 0.05) is 18.6 Å². The van der Waals surface area contributed by atoms with Crippen molar-refractivity contribution in [1.82, 2.24) is 4.98 Å². The summed E-state index contributed by atoms with van der Waals surface area (Å²) < 4.78 is 10.1. The van der Waals surface area contributed by atoms with E-state index in [-0.39, 0.29) is 5.69 Å². The van der Waals surface area contributed by atoms with Gasteiger partial charge in [0.15, 0.2) is 5.69 Å². The second-order valence-electron chi connectivity index (χ2n) is 4.22. The van der Waals surface area contributed by atoms with Gasteiger partial charge in [-0.05, 0) is 24.6 Å². The fourth-order valence-corrected chi connectivity index (χ4v) is 1.80. The molecule has 0 radical (unpaired) electrons. The van der Waals surface area contributed by atoms with Crippen LogP contribution in [-0.4, -0.2) is 24.6 Å². The number of nitrogens with zero attached hydrogens (tertiary/aromatic N) is 2. The van der Waals surface area contributed by atoms with Crippen LogP contribution in [0.5, 0.6) is 0 Å². The quantitative estimate of drug-likeness (QED) is 0.793. The molecule has 0 saturated heterocycles. The minimum Gasteiger partial charge on any atom is -0.461 e. The van der Waals surface area contributed by atoms with Gasteiger partial charge >= 0.3 is 5.97 Å². The van der Waals surface area contributed by atoms with Crippen LogP contribution in [0.3, 0.4) is 0 Å². The van der Waals surface area contributed by atoms with Crippen LogP contribution < -0.4 is 4.90 Å². The molecule has 6 heteroatoms. The molecule has 0 fully saturated rings. The van der Waals surface area contributed by atoms with Gasteiger partial charge in [0.25, 0.3) is 6.01 Å². The van der Waals surface area contributed by atoms with Crippen LogP contribution >= 0.6 is 11.6 Å². The molecule has 0 N–H and O–H groups in total. The molecule has 0 aliphatic rings. The summed E-state index contributed by atoms with van der Waals surface area (Å²) in [5, 5.41) is 0.692. The number of aromatic nitrogens is 1. The third-order valence-electron chi connectivity index (χ3n) is 2.64. The van der Waals surface area contributed by atoms with Gasteiger partial charge in [0.1, 0.15) is 6.26 Å². The monoisotopic (exact) mass is 294 g/mol. The summed E-state index contributed by atoms with van der Waals surface area (Å²) in [5.74, 6) is -0.484. The number of rotatable bonds is 5. The summed E-state index contributed by atoms with van der Waals surface area (Å²) in [5.41, 5.74) is 1.23. The third kappa shape index (κ3) is 3.51. The Bertz CT molecular complexity index is 580. The summed E-state index contributed by atoms with van der Waals surface area (Å²) in [4.78, 5) is 17.4. The van der Waals surface area contributed by atoms with Gasteiger partial charge in [-0.2, -0.15) is 4.98 Å². The predicted molar refractivity (Wildman–Crippen MR) is 76.0 cm³/mol. The highest BCUT2D eigenvalue weighted by molar-refractivity contribution is 6.30. The molecular formula is C14H15ClN2O3. The SMILES string of the molecule is CCOC(=O)c1coc(N(C)Cc2ccc(Cl)cc2)n1. The fourth-order valence-electron chi connectivity index (χ4n) is 1.67. The highest BCUT2D eigenvalue weighted by atomic mass is 35.5. The number of carbonyl (C=O) groups excluding carboxylic acids is 1. The first-order valence-corrected chi connectivity index (χ1v) is 6.56. The molecule has 0 aliphatic carbocycles. The second kappa shape index (κ2) is 6.43. The molecule has 2 rings (SSSR count). The maximum atomic E-state index is 11.5. The number of anilines is 1. The van der Waals surface area contributed by atoms with E-state index in [1.54, 1.807) is 11.8 Å². The molecule has 5 nitrogen and oxygen atoms in total. The Morgan fingerprint density at radius 2 is 2.10 bits per heavy atom. The topological polar surface area (TPSA) is 55.6 Å². The molecule has 1 aromatic carbocycles. The normalized spacial score (nSPS) is 10.3. The minimum absolute atomic E-state index is 0.171. The molecule has 0 atom stereocenters. The van der Waals surface area contributed by atoms with Crippen molar-refractivity contribution in [3.8, 4) is 0 Å². The zero-order valence-corrected chi connectivity index (χ0v) is 12.1. The Morgan fingerprint density at radius 3 is 2.75 bits per heavy atom. The number of halogens is 1. The summed E-state index contributed by atoms with van der Waals surface area (Å²) >= 11 is 5.84. The van der Waals surface area contributed by atoms with Crippen LogP contribution in [0.15, 0.2) is 34.9 Å². The lowest BCUT2D eigenvalue weighted by atomic mass is 10.2. The van der Waals surface area contributed by atoms with Crippen LogP contribution in [0.25, 0.3) is 0 Å². The van der Waals surface area contributed by atoms with Gasteiger partial charge in [-0.15, -0.1) is 0 Å². The highest BCUT2D eigenvalue weighted by Crippen LogP contribution is 2.17. The van der Waals surface area contributed by atoms with Crippen LogP contribution in [0, 0.1) is 0 Å². The highest BCUT2D eigenvalue weighted by Gasteiger charge is 2.15. The molecule has 0 spiro atoms.